The van der Waals surface area contributed by atoms with Crippen molar-refractivity contribution < 1.29 is 33.1 Å². The lowest BCUT2D eigenvalue weighted by atomic mass is 9.91. The third kappa shape index (κ3) is 7.92. The number of aldehydes is 1. The Morgan fingerprint density at radius 2 is 2.09 bits per heavy atom. The summed E-state index contributed by atoms with van der Waals surface area (Å²) in [6.45, 7) is 3.95. The highest BCUT2D eigenvalue weighted by Gasteiger charge is 2.32. The lowest BCUT2D eigenvalue weighted by molar-refractivity contribution is -0.124. The minimum absolute atomic E-state index is 0.0426. The molecule has 192 valence electrons. The largest absolute Gasteiger partial charge is 0.385 e. The maximum absolute atomic E-state index is 14.2. The van der Waals surface area contributed by atoms with Crippen LogP contribution < -0.4 is 21.7 Å². The van der Waals surface area contributed by atoms with Crippen LogP contribution in [-0.4, -0.2) is 73.9 Å². The van der Waals surface area contributed by atoms with E-state index in [1.54, 1.807) is 26.1 Å². The van der Waals surface area contributed by atoms with Crippen LogP contribution in [0.3, 0.4) is 0 Å². The number of ether oxygens (including phenoxy) is 1. The number of halogens is 1. The van der Waals surface area contributed by atoms with E-state index < -0.39 is 35.7 Å². The first-order valence-electron chi connectivity index (χ1n) is 11.1. The van der Waals surface area contributed by atoms with E-state index in [-0.39, 0.29) is 36.7 Å². The lowest BCUT2D eigenvalue weighted by Crippen LogP contribution is -2.49. The zero-order valence-electron chi connectivity index (χ0n) is 20.0. The number of nitrogens with two attached hydrogens (primary N) is 1. The fourth-order valence-corrected chi connectivity index (χ4v) is 3.46. The number of aliphatic hydroxyl groups is 1. The predicted molar refractivity (Wildman–Crippen MR) is 124 cm³/mol. The van der Waals surface area contributed by atoms with Crippen molar-refractivity contribution in [3.63, 3.8) is 0 Å². The highest BCUT2D eigenvalue weighted by atomic mass is 19.1. The second kappa shape index (κ2) is 13.6. The Morgan fingerprint density at radius 1 is 1.34 bits per heavy atom. The fourth-order valence-electron chi connectivity index (χ4n) is 3.46. The Labute approximate surface area is 202 Å². The Balaban J connectivity index is 2.17. The molecule has 0 aliphatic rings. The van der Waals surface area contributed by atoms with E-state index >= 15 is 0 Å². The highest BCUT2D eigenvalue weighted by Crippen LogP contribution is 2.26. The molecule has 0 fully saturated rings. The number of hydrogen-bond acceptors (Lipinski definition) is 9. The summed E-state index contributed by atoms with van der Waals surface area (Å²) in [5.41, 5.74) is 6.38. The van der Waals surface area contributed by atoms with Crippen molar-refractivity contribution in [2.45, 2.75) is 38.5 Å². The van der Waals surface area contributed by atoms with Gasteiger partial charge in [0.15, 0.2) is 5.69 Å². The summed E-state index contributed by atoms with van der Waals surface area (Å²) in [5, 5.41) is 22.5. The number of hydrogen-bond donors (Lipinski definition) is 5. The number of nitrogens with one attached hydrogen (secondary N) is 3. The van der Waals surface area contributed by atoms with Crippen molar-refractivity contribution in [1.29, 1.82) is 0 Å². The summed E-state index contributed by atoms with van der Waals surface area (Å²) in [5.74, 6) is -2.58. The zero-order valence-corrected chi connectivity index (χ0v) is 20.0. The second-order valence-electron chi connectivity index (χ2n) is 8.05. The molecule has 2 amide bonds. The molecule has 0 radical (unpaired) electrons. The summed E-state index contributed by atoms with van der Waals surface area (Å²) < 4.78 is 24.7. The van der Waals surface area contributed by atoms with Crippen molar-refractivity contribution in [2.24, 2.45) is 5.73 Å². The number of rotatable bonds is 15. The minimum atomic E-state index is -1.53. The van der Waals surface area contributed by atoms with E-state index in [0.29, 0.717) is 25.0 Å². The lowest BCUT2D eigenvalue weighted by Gasteiger charge is -2.24. The molecule has 0 unspecified atom stereocenters. The summed E-state index contributed by atoms with van der Waals surface area (Å²) in [6.07, 6.45) is -1.23. The molecule has 0 aliphatic carbocycles. The Bertz CT molecular complexity index is 1010. The molecule has 0 aliphatic heterocycles. The Morgan fingerprint density at radius 3 is 2.71 bits per heavy atom. The molecule has 0 saturated heterocycles. The normalized spacial score (nSPS) is 13.7. The number of aryl methyl sites for hydroxylation is 2. The van der Waals surface area contributed by atoms with E-state index in [9.17, 15) is 23.9 Å². The van der Waals surface area contributed by atoms with E-state index in [4.69, 9.17) is 15.0 Å². The molecular weight excluding hydrogens is 461 g/mol. The molecule has 0 bridgehead atoms. The molecule has 2 rings (SSSR count). The zero-order chi connectivity index (χ0) is 26.0. The molecular formula is C23H32FN5O6. The molecule has 0 spiro atoms. The molecule has 6 N–H and O–H groups in total. The maximum atomic E-state index is 14.2. The van der Waals surface area contributed by atoms with E-state index in [1.165, 1.54) is 13.0 Å². The van der Waals surface area contributed by atoms with Gasteiger partial charge in [0.25, 0.3) is 5.91 Å². The molecule has 35 heavy (non-hydrogen) atoms. The van der Waals surface area contributed by atoms with Gasteiger partial charge in [-0.25, -0.2) is 4.39 Å². The minimum Gasteiger partial charge on any atom is -0.385 e. The van der Waals surface area contributed by atoms with Gasteiger partial charge >= 0.3 is 0 Å². The SMILES string of the molecule is CNCCOC[C@H](NC[C@H](c1c(C(N)=O)noc1C)[C@@H](O)C=O)C(=O)NCc1ccc(C)cc1F. The number of likely N-dealkylation sites (N-methyl/N-ethyl adjacent to an activating group) is 1. The van der Waals surface area contributed by atoms with Gasteiger partial charge in [0.2, 0.25) is 5.91 Å². The van der Waals surface area contributed by atoms with E-state index in [2.05, 4.69) is 21.1 Å². The van der Waals surface area contributed by atoms with Crippen molar-refractivity contribution in [3.8, 4) is 0 Å². The van der Waals surface area contributed by atoms with Crippen molar-refractivity contribution in [2.75, 3.05) is 33.4 Å². The van der Waals surface area contributed by atoms with E-state index in [1.807, 2.05) is 0 Å². The summed E-state index contributed by atoms with van der Waals surface area (Å²) in [6, 6.07) is 3.79. The molecule has 3 atom stereocenters. The third-order valence-electron chi connectivity index (χ3n) is 5.41. The van der Waals surface area contributed by atoms with Gasteiger partial charge in [0.05, 0.1) is 13.2 Å². The molecule has 11 nitrogen and oxygen atoms in total. The van der Waals surface area contributed by atoms with Crippen LogP contribution in [0.2, 0.25) is 0 Å². The quantitative estimate of drug-likeness (QED) is 0.165. The number of aromatic nitrogens is 1. The van der Waals surface area contributed by atoms with Gasteiger partial charge < -0.3 is 40.8 Å². The standard InChI is InChI=1S/C23H32FN5O6/c1-13-4-5-15(17(24)8-13)9-28-23(33)18(12-34-7-6-26-3)27-10-16(19(31)11-30)20-14(2)35-29-21(20)22(25)32/h4-5,8,11,16,18-19,26-27,31H,6-7,9-10,12H2,1-3H3,(H2,25,32)(H,28,33)/t16-,18-,19-/m0/s1. The van der Waals surface area contributed by atoms with E-state index in [0.717, 1.165) is 5.56 Å². The number of amides is 2. The number of nitrogens with zero attached hydrogens (tertiary/aromatic N) is 1. The molecule has 12 heteroatoms. The van der Waals surface area contributed by atoms with Crippen LogP contribution in [0.4, 0.5) is 4.39 Å². The summed E-state index contributed by atoms with van der Waals surface area (Å²) >= 11 is 0. The number of aliphatic hydroxyl groups excluding tert-OH is 1. The summed E-state index contributed by atoms with van der Waals surface area (Å²) in [4.78, 5) is 36.0. The number of carbonyl (C=O) groups excluding carboxylic acids is 3. The highest BCUT2D eigenvalue weighted by molar-refractivity contribution is 5.92. The van der Waals surface area contributed by atoms with Crippen molar-refractivity contribution >= 4 is 18.1 Å². The first-order chi connectivity index (χ1) is 16.7. The predicted octanol–water partition coefficient (Wildman–Crippen LogP) is -0.317. The molecule has 2 aromatic rings. The Kier molecular flexibility index (Phi) is 10.9. The molecule has 1 heterocycles. The fraction of sp³-hybridized carbons (Fsp3) is 0.478. The monoisotopic (exact) mass is 493 g/mol. The Hall–Kier alpha value is -3.19. The third-order valence-corrected chi connectivity index (χ3v) is 5.41. The number of carbonyl (C=O) groups is 3. The first-order valence-corrected chi connectivity index (χ1v) is 11.1. The number of benzene rings is 1. The van der Waals surface area contributed by atoms with Crippen molar-refractivity contribution in [3.05, 3.63) is 52.2 Å². The van der Waals surface area contributed by atoms with Gasteiger partial charge in [-0.1, -0.05) is 17.3 Å². The average molecular weight is 494 g/mol. The van der Waals surface area contributed by atoms with Gasteiger partial charge in [-0.2, -0.15) is 0 Å². The smallest absolute Gasteiger partial charge is 0.271 e. The van der Waals surface area contributed by atoms with Gasteiger partial charge in [-0.3, -0.25) is 9.59 Å². The molecule has 0 saturated carbocycles. The van der Waals surface area contributed by atoms with Gasteiger partial charge in [0, 0.05) is 36.7 Å². The topological polar surface area (TPSA) is 169 Å². The maximum Gasteiger partial charge on any atom is 0.271 e. The van der Waals surface area contributed by atoms with Crippen LogP contribution in [-0.2, 0) is 20.9 Å². The molecule has 1 aromatic carbocycles. The average Bonchev–Trinajstić information content (AvgIpc) is 3.21. The van der Waals surface area contributed by atoms with Gasteiger partial charge in [0.1, 0.15) is 30.0 Å². The first kappa shape index (κ1) is 28.1. The van der Waals surface area contributed by atoms with Crippen LogP contribution in [0.15, 0.2) is 22.7 Å². The van der Waals surface area contributed by atoms with Gasteiger partial charge in [-0.05, 0) is 32.5 Å². The summed E-state index contributed by atoms with van der Waals surface area (Å²) in [7, 11) is 1.75. The van der Waals surface area contributed by atoms with Crippen LogP contribution in [0, 0.1) is 19.7 Å². The van der Waals surface area contributed by atoms with Crippen LogP contribution in [0.25, 0.3) is 0 Å². The molecule has 1 aromatic heterocycles. The van der Waals surface area contributed by atoms with Crippen LogP contribution >= 0.6 is 0 Å². The van der Waals surface area contributed by atoms with Crippen molar-refractivity contribution in [1.82, 2.24) is 21.1 Å². The second-order valence-corrected chi connectivity index (χ2v) is 8.05. The number of primary amides is 1. The van der Waals surface area contributed by atoms with Gasteiger partial charge in [-0.15, -0.1) is 0 Å². The van der Waals surface area contributed by atoms with Crippen LogP contribution in [0.5, 0.6) is 0 Å². The van der Waals surface area contributed by atoms with Crippen LogP contribution in [0.1, 0.15) is 38.9 Å².